The highest BCUT2D eigenvalue weighted by Crippen LogP contribution is 2.04. The molecule has 0 aliphatic rings. The Labute approximate surface area is 85.0 Å². The van der Waals surface area contributed by atoms with Crippen molar-refractivity contribution in [2.45, 2.75) is 13.5 Å². The van der Waals surface area contributed by atoms with Gasteiger partial charge in [0, 0.05) is 13.3 Å². The van der Waals surface area contributed by atoms with Crippen molar-refractivity contribution in [3.63, 3.8) is 0 Å². The molecule has 76 valence electrons. The first kappa shape index (κ1) is 10.7. The molecule has 1 aromatic carbocycles. The molecule has 0 aliphatic carbocycles. The number of nitrogens with zero attached hydrogens (tertiary/aromatic N) is 2. The van der Waals surface area contributed by atoms with Gasteiger partial charge in [-0.2, -0.15) is 5.10 Å². The van der Waals surface area contributed by atoms with Crippen molar-refractivity contribution in [3.8, 4) is 0 Å². The van der Waals surface area contributed by atoms with E-state index in [1.54, 1.807) is 5.01 Å². The summed E-state index contributed by atoms with van der Waals surface area (Å²) in [6.45, 7) is 7.40. The van der Waals surface area contributed by atoms with Crippen LogP contribution in [0.3, 0.4) is 0 Å². The second-order valence-corrected chi connectivity index (χ2v) is 2.91. The second-order valence-electron chi connectivity index (χ2n) is 2.91. The third-order valence-corrected chi connectivity index (χ3v) is 1.85. The summed E-state index contributed by atoms with van der Waals surface area (Å²) in [5.41, 5.74) is 1.21. The fourth-order valence-corrected chi connectivity index (χ4v) is 1.13. The van der Waals surface area contributed by atoms with Crippen LogP contribution in [0.5, 0.6) is 0 Å². The Bertz CT molecular complexity index is 261. The molecule has 0 unspecified atom stereocenters. The van der Waals surface area contributed by atoms with Crippen molar-refractivity contribution >= 4 is 6.72 Å². The summed E-state index contributed by atoms with van der Waals surface area (Å²) < 4.78 is 5.25. The van der Waals surface area contributed by atoms with E-state index in [1.165, 1.54) is 5.56 Å². The molecule has 1 rings (SSSR count). The molecule has 0 atom stereocenters. The highest BCUT2D eigenvalue weighted by atomic mass is 16.5. The Balaban J connectivity index is 2.44. The maximum atomic E-state index is 5.25. The van der Waals surface area contributed by atoms with E-state index in [4.69, 9.17) is 4.74 Å². The molecule has 3 heteroatoms. The van der Waals surface area contributed by atoms with Crippen molar-refractivity contribution in [1.82, 2.24) is 5.01 Å². The van der Waals surface area contributed by atoms with E-state index >= 15 is 0 Å². The van der Waals surface area contributed by atoms with Crippen LogP contribution < -0.4 is 0 Å². The standard InChI is InChI=1S/C11H16N2O/c1-3-14-10-13(12-2)9-11-7-5-4-6-8-11/h4-8H,2-3,9-10H2,1H3. The van der Waals surface area contributed by atoms with Gasteiger partial charge in [0.25, 0.3) is 0 Å². The Kier molecular flexibility index (Phi) is 4.72. The largest absolute Gasteiger partial charge is 0.360 e. The van der Waals surface area contributed by atoms with E-state index in [-0.39, 0.29) is 0 Å². The second kappa shape index (κ2) is 6.16. The Morgan fingerprint density at radius 1 is 1.36 bits per heavy atom. The van der Waals surface area contributed by atoms with Gasteiger partial charge in [0.05, 0.1) is 6.54 Å². The third-order valence-electron chi connectivity index (χ3n) is 1.85. The minimum atomic E-state index is 0.495. The van der Waals surface area contributed by atoms with Crippen LogP contribution >= 0.6 is 0 Å². The average molecular weight is 192 g/mol. The molecular formula is C11H16N2O. The number of hydrogen-bond donors (Lipinski definition) is 0. The first-order valence-corrected chi connectivity index (χ1v) is 4.70. The minimum absolute atomic E-state index is 0.495. The van der Waals surface area contributed by atoms with Gasteiger partial charge in [0.1, 0.15) is 6.73 Å². The van der Waals surface area contributed by atoms with Gasteiger partial charge in [0.15, 0.2) is 0 Å². The zero-order valence-corrected chi connectivity index (χ0v) is 8.52. The van der Waals surface area contributed by atoms with Crippen LogP contribution in [0.15, 0.2) is 35.4 Å². The zero-order chi connectivity index (χ0) is 10.2. The summed E-state index contributed by atoms with van der Waals surface area (Å²) >= 11 is 0. The lowest BCUT2D eigenvalue weighted by Crippen LogP contribution is -2.20. The van der Waals surface area contributed by atoms with Crippen LogP contribution in [0.2, 0.25) is 0 Å². The highest BCUT2D eigenvalue weighted by molar-refractivity contribution is 5.22. The van der Waals surface area contributed by atoms with Gasteiger partial charge in [-0.25, -0.2) is 0 Å². The smallest absolute Gasteiger partial charge is 0.135 e. The molecule has 0 saturated carbocycles. The predicted octanol–water partition coefficient (Wildman–Crippen LogP) is 2.10. The van der Waals surface area contributed by atoms with Crippen LogP contribution in [0.4, 0.5) is 0 Å². The number of benzene rings is 1. The van der Waals surface area contributed by atoms with Gasteiger partial charge >= 0.3 is 0 Å². The lowest BCUT2D eigenvalue weighted by Gasteiger charge is -2.17. The number of hydrazone groups is 1. The summed E-state index contributed by atoms with van der Waals surface area (Å²) in [5, 5.41) is 5.67. The van der Waals surface area contributed by atoms with Crippen LogP contribution in [0, 0.1) is 0 Å². The highest BCUT2D eigenvalue weighted by Gasteiger charge is 2.00. The molecule has 3 nitrogen and oxygen atoms in total. The topological polar surface area (TPSA) is 24.8 Å². The molecular weight excluding hydrogens is 176 g/mol. The molecule has 0 amide bonds. The van der Waals surface area contributed by atoms with E-state index < -0.39 is 0 Å². The summed E-state index contributed by atoms with van der Waals surface area (Å²) in [7, 11) is 0. The molecule has 1 aromatic rings. The Morgan fingerprint density at radius 3 is 2.64 bits per heavy atom. The Hall–Kier alpha value is -1.35. The molecule has 0 heterocycles. The third kappa shape index (κ3) is 3.58. The number of hydrogen-bond acceptors (Lipinski definition) is 3. The summed E-state index contributed by atoms with van der Waals surface area (Å²) in [4.78, 5) is 0. The molecule has 14 heavy (non-hydrogen) atoms. The Morgan fingerprint density at radius 2 is 2.07 bits per heavy atom. The lowest BCUT2D eigenvalue weighted by molar-refractivity contribution is 0.0332. The monoisotopic (exact) mass is 192 g/mol. The van der Waals surface area contributed by atoms with Gasteiger partial charge in [-0.15, -0.1) is 0 Å². The van der Waals surface area contributed by atoms with Crippen LogP contribution in [-0.4, -0.2) is 25.1 Å². The molecule has 0 saturated heterocycles. The summed E-state index contributed by atoms with van der Waals surface area (Å²) in [6.07, 6.45) is 0. The van der Waals surface area contributed by atoms with Gasteiger partial charge in [-0.3, -0.25) is 5.01 Å². The van der Waals surface area contributed by atoms with E-state index in [0.29, 0.717) is 13.3 Å². The van der Waals surface area contributed by atoms with Crippen molar-refractivity contribution in [2.24, 2.45) is 5.10 Å². The molecule has 0 N–H and O–H groups in total. The van der Waals surface area contributed by atoms with Crippen molar-refractivity contribution in [2.75, 3.05) is 13.3 Å². The van der Waals surface area contributed by atoms with Crippen LogP contribution in [-0.2, 0) is 11.3 Å². The van der Waals surface area contributed by atoms with Crippen molar-refractivity contribution < 1.29 is 4.74 Å². The normalized spacial score (nSPS) is 9.79. The fraction of sp³-hybridized carbons (Fsp3) is 0.364. The molecule has 0 fully saturated rings. The molecule has 0 radical (unpaired) electrons. The first-order chi connectivity index (χ1) is 6.86. The van der Waals surface area contributed by atoms with E-state index in [9.17, 15) is 0 Å². The minimum Gasteiger partial charge on any atom is -0.360 e. The summed E-state index contributed by atoms with van der Waals surface area (Å²) in [6, 6.07) is 10.1. The van der Waals surface area contributed by atoms with Gasteiger partial charge in [-0.1, -0.05) is 30.3 Å². The van der Waals surface area contributed by atoms with E-state index in [2.05, 4.69) is 24.0 Å². The van der Waals surface area contributed by atoms with Crippen molar-refractivity contribution in [3.05, 3.63) is 35.9 Å². The molecule has 0 aromatic heterocycles. The van der Waals surface area contributed by atoms with Crippen LogP contribution in [0.1, 0.15) is 12.5 Å². The fourth-order valence-electron chi connectivity index (χ4n) is 1.13. The quantitative estimate of drug-likeness (QED) is 0.392. The van der Waals surface area contributed by atoms with Gasteiger partial charge in [0.2, 0.25) is 0 Å². The first-order valence-electron chi connectivity index (χ1n) is 4.70. The van der Waals surface area contributed by atoms with Crippen molar-refractivity contribution in [1.29, 1.82) is 0 Å². The maximum Gasteiger partial charge on any atom is 0.135 e. The van der Waals surface area contributed by atoms with E-state index in [0.717, 1.165) is 6.54 Å². The summed E-state index contributed by atoms with van der Waals surface area (Å²) in [5.74, 6) is 0. The lowest BCUT2D eigenvalue weighted by atomic mass is 10.2. The number of rotatable bonds is 6. The van der Waals surface area contributed by atoms with Crippen LogP contribution in [0.25, 0.3) is 0 Å². The zero-order valence-electron chi connectivity index (χ0n) is 8.52. The maximum absolute atomic E-state index is 5.25. The average Bonchev–Trinajstić information content (AvgIpc) is 2.25. The molecule has 0 aliphatic heterocycles. The van der Waals surface area contributed by atoms with E-state index in [1.807, 2.05) is 25.1 Å². The number of ether oxygens (including phenoxy) is 1. The molecule has 0 bridgehead atoms. The van der Waals surface area contributed by atoms with Gasteiger partial charge in [-0.05, 0) is 12.5 Å². The SMILES string of the molecule is C=NN(COCC)Cc1ccccc1. The van der Waals surface area contributed by atoms with Gasteiger partial charge < -0.3 is 4.74 Å². The predicted molar refractivity (Wildman–Crippen MR) is 58.0 cm³/mol. The molecule has 0 spiro atoms.